The van der Waals surface area contributed by atoms with Gasteiger partial charge in [-0.1, -0.05) is 28.1 Å². The van der Waals surface area contributed by atoms with Crippen LogP contribution in [0.25, 0.3) is 6.08 Å². The van der Waals surface area contributed by atoms with Crippen molar-refractivity contribution < 1.29 is 19.1 Å². The molecule has 3 amide bonds. The highest BCUT2D eigenvalue weighted by atomic mass is 79.9. The fourth-order valence-corrected chi connectivity index (χ4v) is 1.96. The van der Waals surface area contributed by atoms with Crippen LogP contribution >= 0.6 is 15.9 Å². The van der Waals surface area contributed by atoms with Gasteiger partial charge >= 0.3 is 12.0 Å². The van der Waals surface area contributed by atoms with E-state index in [2.05, 4.69) is 21.2 Å². The lowest BCUT2D eigenvalue weighted by Crippen LogP contribution is -2.39. The van der Waals surface area contributed by atoms with Crippen LogP contribution in [-0.4, -0.2) is 31.6 Å². The Balaban J connectivity index is 2.48. The number of nitrogens with one attached hydrogen (secondary N) is 2. The normalized spacial score (nSPS) is 10.2. The maximum absolute atomic E-state index is 11.4. The van der Waals surface area contributed by atoms with Gasteiger partial charge in [-0.05, 0) is 30.2 Å². The zero-order valence-electron chi connectivity index (χ0n) is 11.6. The quantitative estimate of drug-likeness (QED) is 0.637. The Bertz CT molecular complexity index is 584. The van der Waals surface area contributed by atoms with Crippen LogP contribution in [0.5, 0.6) is 0 Å². The molecule has 6 nitrogen and oxygen atoms in total. The highest BCUT2D eigenvalue weighted by molar-refractivity contribution is 9.10. The summed E-state index contributed by atoms with van der Waals surface area (Å²) in [7, 11) is 1.37. The molecule has 21 heavy (non-hydrogen) atoms. The number of urea groups is 1. The summed E-state index contributed by atoms with van der Waals surface area (Å²) in [4.78, 5) is 33.5. The van der Waals surface area contributed by atoms with E-state index in [4.69, 9.17) is 4.74 Å². The van der Waals surface area contributed by atoms with Gasteiger partial charge in [0.1, 0.15) is 0 Å². The lowest BCUT2D eigenvalue weighted by Gasteiger charge is -2.03. The van der Waals surface area contributed by atoms with E-state index in [1.807, 2.05) is 30.4 Å². The predicted molar refractivity (Wildman–Crippen MR) is 81.5 cm³/mol. The number of esters is 1. The van der Waals surface area contributed by atoms with Gasteiger partial charge in [0.25, 0.3) is 5.91 Å². The van der Waals surface area contributed by atoms with Crippen LogP contribution in [0, 0.1) is 6.92 Å². The summed E-state index contributed by atoms with van der Waals surface area (Å²) in [5.41, 5.74) is 1.90. The second-order valence-corrected chi connectivity index (χ2v) is 4.95. The second-order valence-electron chi connectivity index (χ2n) is 4.09. The van der Waals surface area contributed by atoms with Crippen LogP contribution in [0.3, 0.4) is 0 Å². The highest BCUT2D eigenvalue weighted by Crippen LogP contribution is 2.19. The zero-order chi connectivity index (χ0) is 15.8. The van der Waals surface area contributed by atoms with E-state index >= 15 is 0 Å². The molecule has 0 radical (unpaired) electrons. The second kappa shape index (κ2) is 8.21. The molecule has 0 saturated heterocycles. The van der Waals surface area contributed by atoms with Gasteiger partial charge in [0, 0.05) is 17.6 Å². The smallest absolute Gasteiger partial charge is 0.331 e. The van der Waals surface area contributed by atoms with Gasteiger partial charge in [0.2, 0.25) is 0 Å². The van der Waals surface area contributed by atoms with Crippen molar-refractivity contribution >= 4 is 39.9 Å². The minimum atomic E-state index is -0.701. The third-order valence-electron chi connectivity index (χ3n) is 2.38. The summed E-state index contributed by atoms with van der Waals surface area (Å²) in [6.45, 7) is 1.43. The molecule has 0 saturated carbocycles. The van der Waals surface area contributed by atoms with Crippen LogP contribution < -0.4 is 10.6 Å². The van der Waals surface area contributed by atoms with Gasteiger partial charge in [-0.15, -0.1) is 0 Å². The van der Waals surface area contributed by atoms with Gasteiger partial charge in [0.15, 0.2) is 6.61 Å². The van der Waals surface area contributed by atoms with E-state index in [1.54, 1.807) is 6.08 Å². The number of aryl methyl sites for hydroxylation is 1. The molecule has 1 rings (SSSR count). The van der Waals surface area contributed by atoms with Gasteiger partial charge in [0.05, 0.1) is 0 Å². The summed E-state index contributed by atoms with van der Waals surface area (Å²) in [6.07, 6.45) is 2.78. The summed E-state index contributed by atoms with van der Waals surface area (Å²) in [6, 6.07) is 5.02. The number of amides is 3. The number of ether oxygens (including phenoxy) is 1. The maximum atomic E-state index is 11.4. The van der Waals surface area contributed by atoms with E-state index in [-0.39, 0.29) is 0 Å². The molecular weight excluding hydrogens is 340 g/mol. The highest BCUT2D eigenvalue weighted by Gasteiger charge is 2.08. The van der Waals surface area contributed by atoms with E-state index in [0.717, 1.165) is 15.6 Å². The Morgan fingerprint density at radius 3 is 2.67 bits per heavy atom. The molecule has 1 aromatic rings. The van der Waals surface area contributed by atoms with Crippen molar-refractivity contribution in [3.8, 4) is 0 Å². The van der Waals surface area contributed by atoms with E-state index in [1.165, 1.54) is 13.1 Å². The minimum Gasteiger partial charge on any atom is -0.452 e. The van der Waals surface area contributed by atoms with E-state index < -0.39 is 24.5 Å². The van der Waals surface area contributed by atoms with Gasteiger partial charge in [-0.25, -0.2) is 9.59 Å². The molecule has 0 aliphatic heterocycles. The van der Waals surface area contributed by atoms with Crippen molar-refractivity contribution in [2.75, 3.05) is 13.7 Å². The van der Waals surface area contributed by atoms with Crippen molar-refractivity contribution in [1.82, 2.24) is 10.6 Å². The Morgan fingerprint density at radius 1 is 1.33 bits per heavy atom. The molecule has 0 fully saturated rings. The number of benzene rings is 1. The summed E-state index contributed by atoms with van der Waals surface area (Å²) < 4.78 is 5.55. The van der Waals surface area contributed by atoms with Crippen LogP contribution in [0.4, 0.5) is 4.79 Å². The largest absolute Gasteiger partial charge is 0.452 e. The fraction of sp³-hybridized carbons (Fsp3) is 0.214. The minimum absolute atomic E-state index is 0.522. The number of carbonyl (C=O) groups is 3. The van der Waals surface area contributed by atoms with Crippen LogP contribution in [-0.2, 0) is 14.3 Å². The molecule has 0 aromatic heterocycles. The van der Waals surface area contributed by atoms with Crippen LogP contribution in [0.15, 0.2) is 28.7 Å². The molecule has 0 heterocycles. The first kappa shape index (κ1) is 16.9. The molecule has 7 heteroatoms. The van der Waals surface area contributed by atoms with E-state index in [0.29, 0.717) is 0 Å². The fourth-order valence-electron chi connectivity index (χ4n) is 1.34. The summed E-state index contributed by atoms with van der Waals surface area (Å²) in [5.74, 6) is -1.37. The third-order valence-corrected chi connectivity index (χ3v) is 3.07. The van der Waals surface area contributed by atoms with Crippen molar-refractivity contribution in [3.63, 3.8) is 0 Å². The zero-order valence-corrected chi connectivity index (χ0v) is 13.2. The Kier molecular flexibility index (Phi) is 6.61. The average molecular weight is 355 g/mol. The number of imide groups is 1. The first-order valence-electron chi connectivity index (χ1n) is 6.05. The molecule has 112 valence electrons. The Hall–Kier alpha value is -2.15. The van der Waals surface area contributed by atoms with Crippen molar-refractivity contribution in [3.05, 3.63) is 39.9 Å². The molecule has 0 aliphatic carbocycles. The molecule has 0 unspecified atom stereocenters. The molecule has 0 spiro atoms. The van der Waals surface area contributed by atoms with Crippen molar-refractivity contribution in [2.24, 2.45) is 0 Å². The number of halogens is 1. The summed E-state index contributed by atoms with van der Waals surface area (Å²) in [5, 5.41) is 4.19. The average Bonchev–Trinajstić information content (AvgIpc) is 2.44. The number of rotatable bonds is 4. The van der Waals surface area contributed by atoms with Gasteiger partial charge < -0.3 is 10.1 Å². The topological polar surface area (TPSA) is 84.5 Å². The third kappa shape index (κ3) is 6.22. The Labute approximate surface area is 130 Å². The lowest BCUT2D eigenvalue weighted by molar-refractivity contribution is -0.143. The van der Waals surface area contributed by atoms with E-state index in [9.17, 15) is 14.4 Å². The van der Waals surface area contributed by atoms with Crippen molar-refractivity contribution in [2.45, 2.75) is 6.92 Å². The SMILES string of the molecule is CNC(=O)NC(=O)COC(=O)/C=C/c1ccc(C)cc1Br. The van der Waals surface area contributed by atoms with Crippen molar-refractivity contribution in [1.29, 1.82) is 0 Å². The molecule has 0 bridgehead atoms. The molecule has 2 N–H and O–H groups in total. The Morgan fingerprint density at radius 2 is 2.05 bits per heavy atom. The molecular formula is C14H15BrN2O4. The maximum Gasteiger partial charge on any atom is 0.331 e. The standard InChI is InChI=1S/C14H15BrN2O4/c1-9-3-4-10(11(15)7-9)5-6-13(19)21-8-12(18)17-14(20)16-2/h3-7H,8H2,1-2H3,(H2,16,17,18,20)/b6-5+. The molecule has 0 atom stereocenters. The first-order chi connectivity index (χ1) is 9.92. The van der Waals surface area contributed by atoms with Gasteiger partial charge in [-0.3, -0.25) is 10.1 Å². The molecule has 0 aliphatic rings. The lowest BCUT2D eigenvalue weighted by atomic mass is 10.1. The number of hydrogen-bond acceptors (Lipinski definition) is 4. The number of hydrogen-bond donors (Lipinski definition) is 2. The van der Waals surface area contributed by atoms with Gasteiger partial charge in [-0.2, -0.15) is 0 Å². The monoisotopic (exact) mass is 354 g/mol. The number of carbonyl (C=O) groups excluding carboxylic acids is 3. The molecule has 1 aromatic carbocycles. The predicted octanol–water partition coefficient (Wildman–Crippen LogP) is 1.77. The van der Waals surface area contributed by atoms with Crippen LogP contribution in [0.2, 0.25) is 0 Å². The summed E-state index contributed by atoms with van der Waals surface area (Å²) >= 11 is 3.38. The van der Waals surface area contributed by atoms with Crippen LogP contribution in [0.1, 0.15) is 11.1 Å². The first-order valence-corrected chi connectivity index (χ1v) is 6.84.